The van der Waals surface area contributed by atoms with Gasteiger partial charge in [-0.2, -0.15) is 0 Å². The van der Waals surface area contributed by atoms with Crippen molar-refractivity contribution >= 4 is 5.90 Å². The second-order valence-corrected chi connectivity index (χ2v) is 5.16. The first-order valence-electron chi connectivity index (χ1n) is 7.20. The summed E-state index contributed by atoms with van der Waals surface area (Å²) in [5.74, 6) is 0.706. The van der Waals surface area contributed by atoms with E-state index in [0.717, 1.165) is 12.0 Å². The van der Waals surface area contributed by atoms with Gasteiger partial charge in [-0.15, -0.1) is 0 Å². The van der Waals surface area contributed by atoms with Crippen LogP contribution in [0.2, 0.25) is 0 Å². The molecule has 0 N–H and O–H groups in total. The van der Waals surface area contributed by atoms with Gasteiger partial charge in [0, 0.05) is 19.1 Å². The normalized spacial score (nSPS) is 21.5. The largest absolute Gasteiger partial charge is 0.472 e. The minimum atomic E-state index is 0.0351. The average Bonchev–Trinajstić information content (AvgIpc) is 2.56. The Morgan fingerprint density at radius 1 is 1.05 bits per heavy atom. The van der Waals surface area contributed by atoms with Gasteiger partial charge in [0.25, 0.3) is 0 Å². The predicted molar refractivity (Wildman–Crippen MR) is 83.5 cm³/mol. The van der Waals surface area contributed by atoms with Crippen LogP contribution in [0.5, 0.6) is 0 Å². The van der Waals surface area contributed by atoms with E-state index in [-0.39, 0.29) is 12.1 Å². The summed E-state index contributed by atoms with van der Waals surface area (Å²) >= 11 is 0. The zero-order valence-electron chi connectivity index (χ0n) is 12.1. The molecule has 1 aliphatic rings. The maximum atomic E-state index is 5.99. The maximum Gasteiger partial charge on any atom is 0.217 e. The predicted octanol–water partition coefficient (Wildman–Crippen LogP) is 3.61. The molecule has 0 aromatic heterocycles. The van der Waals surface area contributed by atoms with Crippen molar-refractivity contribution < 1.29 is 9.47 Å². The molecule has 0 fully saturated rings. The van der Waals surface area contributed by atoms with Crippen LogP contribution < -0.4 is 0 Å². The molecule has 3 rings (SSSR count). The Morgan fingerprint density at radius 2 is 1.71 bits per heavy atom. The third-order valence-corrected chi connectivity index (χ3v) is 3.60. The first kappa shape index (κ1) is 13.8. The zero-order valence-corrected chi connectivity index (χ0v) is 12.1. The third kappa shape index (κ3) is 3.31. The van der Waals surface area contributed by atoms with Gasteiger partial charge in [-0.05, 0) is 17.7 Å². The van der Waals surface area contributed by atoms with Crippen molar-refractivity contribution in [2.24, 2.45) is 4.99 Å². The third-order valence-electron chi connectivity index (χ3n) is 3.60. The molecule has 1 heterocycles. The summed E-state index contributed by atoms with van der Waals surface area (Å²) in [4.78, 5) is 4.79. The zero-order chi connectivity index (χ0) is 14.5. The van der Waals surface area contributed by atoms with Gasteiger partial charge in [0.05, 0.1) is 12.6 Å². The van der Waals surface area contributed by atoms with Gasteiger partial charge in [-0.1, -0.05) is 48.5 Å². The fourth-order valence-corrected chi connectivity index (χ4v) is 2.58. The topological polar surface area (TPSA) is 30.8 Å². The van der Waals surface area contributed by atoms with E-state index < -0.39 is 0 Å². The van der Waals surface area contributed by atoms with E-state index in [0.29, 0.717) is 12.5 Å². The molecule has 2 atom stereocenters. The van der Waals surface area contributed by atoms with Crippen molar-refractivity contribution in [3.63, 3.8) is 0 Å². The summed E-state index contributed by atoms with van der Waals surface area (Å²) in [6.45, 7) is 0.579. The van der Waals surface area contributed by atoms with E-state index >= 15 is 0 Å². The molecule has 0 radical (unpaired) electrons. The van der Waals surface area contributed by atoms with E-state index in [1.54, 1.807) is 7.11 Å². The molecular weight excluding hydrogens is 262 g/mol. The van der Waals surface area contributed by atoms with Gasteiger partial charge in [0.15, 0.2) is 0 Å². The number of hydrogen-bond donors (Lipinski definition) is 0. The number of hydrogen-bond acceptors (Lipinski definition) is 3. The van der Waals surface area contributed by atoms with E-state index in [4.69, 9.17) is 14.5 Å². The Bertz CT molecular complexity index is 595. The van der Waals surface area contributed by atoms with Crippen LogP contribution in [0.3, 0.4) is 0 Å². The summed E-state index contributed by atoms with van der Waals surface area (Å²) in [6.07, 6.45) is 0.877. The summed E-state index contributed by atoms with van der Waals surface area (Å²) in [5.41, 5.74) is 2.23. The van der Waals surface area contributed by atoms with Crippen LogP contribution in [-0.2, 0) is 9.47 Å². The number of aliphatic imine (C=N–C) groups is 1. The van der Waals surface area contributed by atoms with Crippen LogP contribution in [-0.4, -0.2) is 25.7 Å². The smallest absolute Gasteiger partial charge is 0.217 e. The lowest BCUT2D eigenvalue weighted by atomic mass is 9.99. The van der Waals surface area contributed by atoms with Gasteiger partial charge in [-0.25, -0.2) is 4.99 Å². The Morgan fingerprint density at radius 3 is 2.38 bits per heavy atom. The first-order chi connectivity index (χ1) is 10.4. The molecule has 3 heteroatoms. The maximum absolute atomic E-state index is 5.99. The number of ether oxygens (including phenoxy) is 2. The molecule has 0 saturated heterocycles. The number of benzene rings is 2. The van der Waals surface area contributed by atoms with Gasteiger partial charge < -0.3 is 9.47 Å². The molecule has 108 valence electrons. The fraction of sp³-hybridized carbons (Fsp3) is 0.278. The highest BCUT2D eigenvalue weighted by atomic mass is 16.5. The Labute approximate surface area is 125 Å². The van der Waals surface area contributed by atoms with Gasteiger partial charge in [0.2, 0.25) is 5.90 Å². The van der Waals surface area contributed by atoms with Crippen molar-refractivity contribution in [3.8, 4) is 0 Å². The van der Waals surface area contributed by atoms with E-state index in [2.05, 4.69) is 12.1 Å². The van der Waals surface area contributed by atoms with Crippen LogP contribution in [0, 0.1) is 0 Å². The van der Waals surface area contributed by atoms with Crippen molar-refractivity contribution in [2.75, 3.05) is 13.7 Å². The molecule has 0 amide bonds. The highest BCUT2D eigenvalue weighted by Crippen LogP contribution is 2.29. The Hall–Kier alpha value is -2.13. The number of rotatable bonds is 4. The van der Waals surface area contributed by atoms with E-state index in [9.17, 15) is 0 Å². The Kier molecular flexibility index (Phi) is 4.31. The van der Waals surface area contributed by atoms with Crippen molar-refractivity contribution in [3.05, 3.63) is 71.8 Å². The molecule has 0 spiro atoms. The number of nitrogens with zero attached hydrogens (tertiary/aromatic N) is 1. The van der Waals surface area contributed by atoms with Crippen LogP contribution in [0.1, 0.15) is 23.6 Å². The highest BCUT2D eigenvalue weighted by Gasteiger charge is 2.26. The first-order valence-corrected chi connectivity index (χ1v) is 7.20. The summed E-state index contributed by atoms with van der Waals surface area (Å²) in [5, 5.41) is 0. The van der Waals surface area contributed by atoms with E-state index in [1.807, 2.05) is 48.5 Å². The van der Waals surface area contributed by atoms with Gasteiger partial charge in [0.1, 0.15) is 6.10 Å². The fourth-order valence-electron chi connectivity index (χ4n) is 2.58. The average molecular weight is 281 g/mol. The lowest BCUT2D eigenvalue weighted by Gasteiger charge is -2.28. The van der Waals surface area contributed by atoms with Crippen LogP contribution in [0.25, 0.3) is 0 Å². The molecule has 1 aliphatic heterocycles. The van der Waals surface area contributed by atoms with Crippen molar-refractivity contribution in [2.45, 2.75) is 18.6 Å². The monoisotopic (exact) mass is 281 g/mol. The number of methoxy groups -OCH3 is 1. The van der Waals surface area contributed by atoms with Crippen molar-refractivity contribution in [1.29, 1.82) is 0 Å². The Balaban J connectivity index is 1.92. The second-order valence-electron chi connectivity index (χ2n) is 5.16. The molecule has 0 aliphatic carbocycles. The molecule has 3 nitrogen and oxygen atoms in total. The molecule has 0 saturated carbocycles. The minimum absolute atomic E-state index is 0.0351. The van der Waals surface area contributed by atoms with Gasteiger partial charge >= 0.3 is 0 Å². The quantitative estimate of drug-likeness (QED) is 0.857. The van der Waals surface area contributed by atoms with E-state index in [1.165, 1.54) is 5.56 Å². The minimum Gasteiger partial charge on any atom is -0.472 e. The lowest BCUT2D eigenvalue weighted by Crippen LogP contribution is -2.30. The lowest BCUT2D eigenvalue weighted by molar-refractivity contribution is 0.0550. The van der Waals surface area contributed by atoms with Crippen molar-refractivity contribution in [1.82, 2.24) is 0 Å². The van der Waals surface area contributed by atoms with Crippen LogP contribution >= 0.6 is 0 Å². The molecule has 0 unspecified atom stereocenters. The molecular formula is C18H19NO2. The highest BCUT2D eigenvalue weighted by molar-refractivity contribution is 5.94. The summed E-state index contributed by atoms with van der Waals surface area (Å²) in [7, 11) is 1.70. The second kappa shape index (κ2) is 6.55. The SMILES string of the molecule is COC[C@@H]1C[C@H](c2ccccc2)N=C(c2ccccc2)O1. The molecule has 2 aromatic rings. The van der Waals surface area contributed by atoms with Crippen LogP contribution in [0.4, 0.5) is 0 Å². The summed E-state index contributed by atoms with van der Waals surface area (Å²) < 4.78 is 11.3. The molecule has 21 heavy (non-hydrogen) atoms. The molecule has 0 bridgehead atoms. The standard InChI is InChI=1S/C18H19NO2/c1-20-13-16-12-17(14-8-4-2-5-9-14)19-18(21-16)15-10-6-3-7-11-15/h2-11,16-17H,12-13H2,1H3/t16-,17+/m0/s1. The summed E-state index contributed by atoms with van der Waals surface area (Å²) in [6, 6.07) is 20.5. The van der Waals surface area contributed by atoms with Crippen LogP contribution in [0.15, 0.2) is 65.7 Å². The molecule has 2 aromatic carbocycles. The van der Waals surface area contributed by atoms with Gasteiger partial charge in [-0.3, -0.25) is 0 Å².